The summed E-state index contributed by atoms with van der Waals surface area (Å²) in [5.41, 5.74) is 1.16. The second kappa shape index (κ2) is 7.67. The molecule has 26 heavy (non-hydrogen) atoms. The molecule has 130 valence electrons. The Kier molecular flexibility index (Phi) is 5.15. The van der Waals surface area contributed by atoms with Crippen molar-refractivity contribution in [2.24, 2.45) is 0 Å². The van der Waals surface area contributed by atoms with Crippen LogP contribution in [0.4, 0.5) is 11.4 Å². The summed E-state index contributed by atoms with van der Waals surface area (Å²) in [6.45, 7) is 0. The third-order valence-corrected chi connectivity index (χ3v) is 3.69. The van der Waals surface area contributed by atoms with Crippen LogP contribution in [0, 0.1) is 10.1 Å². The van der Waals surface area contributed by atoms with Crippen molar-refractivity contribution in [2.45, 2.75) is 0 Å². The van der Waals surface area contributed by atoms with Crippen molar-refractivity contribution in [2.75, 3.05) is 5.32 Å². The molecule has 0 saturated carbocycles. The van der Waals surface area contributed by atoms with Crippen LogP contribution >= 0.6 is 11.6 Å². The van der Waals surface area contributed by atoms with Gasteiger partial charge in [0.05, 0.1) is 4.92 Å². The zero-order valence-electron chi connectivity index (χ0n) is 13.4. The van der Waals surface area contributed by atoms with Crippen molar-refractivity contribution in [1.29, 1.82) is 0 Å². The Balaban J connectivity index is 1.70. The predicted molar refractivity (Wildman–Crippen MR) is 99.9 cm³/mol. The molecule has 1 N–H and O–H groups in total. The van der Waals surface area contributed by atoms with Crippen molar-refractivity contribution in [3.63, 3.8) is 0 Å². The predicted octanol–water partition coefficient (Wildman–Crippen LogP) is 5.16. The third kappa shape index (κ3) is 4.37. The van der Waals surface area contributed by atoms with E-state index in [4.69, 9.17) is 16.0 Å². The lowest BCUT2D eigenvalue weighted by molar-refractivity contribution is -0.384. The first-order chi connectivity index (χ1) is 12.5. The molecule has 3 rings (SSSR count). The van der Waals surface area contributed by atoms with Gasteiger partial charge in [-0.15, -0.1) is 0 Å². The largest absolute Gasteiger partial charge is 0.457 e. The molecule has 3 aromatic rings. The summed E-state index contributed by atoms with van der Waals surface area (Å²) in [4.78, 5) is 22.3. The first-order valence-electron chi connectivity index (χ1n) is 7.60. The van der Waals surface area contributed by atoms with Gasteiger partial charge in [0.25, 0.3) is 5.69 Å². The molecule has 0 radical (unpaired) electrons. The number of benzene rings is 2. The molecule has 6 nitrogen and oxygen atoms in total. The fourth-order valence-corrected chi connectivity index (χ4v) is 2.47. The smallest absolute Gasteiger partial charge is 0.270 e. The van der Waals surface area contributed by atoms with Crippen LogP contribution in [-0.2, 0) is 4.79 Å². The maximum absolute atomic E-state index is 11.9. The molecule has 0 aliphatic rings. The minimum atomic E-state index is -0.465. The molecule has 1 heterocycles. The van der Waals surface area contributed by atoms with E-state index < -0.39 is 4.92 Å². The Hall–Kier alpha value is -3.38. The van der Waals surface area contributed by atoms with Crippen molar-refractivity contribution in [1.82, 2.24) is 0 Å². The van der Waals surface area contributed by atoms with Gasteiger partial charge in [0.1, 0.15) is 11.5 Å². The number of non-ortho nitro benzene ring substituents is 1. The summed E-state index contributed by atoms with van der Waals surface area (Å²) < 4.78 is 5.61. The van der Waals surface area contributed by atoms with Gasteiger partial charge in [-0.2, -0.15) is 0 Å². The molecular weight excluding hydrogens is 356 g/mol. The van der Waals surface area contributed by atoms with Gasteiger partial charge in [-0.25, -0.2) is 0 Å². The van der Waals surface area contributed by atoms with Crippen molar-refractivity contribution in [3.8, 4) is 11.3 Å². The van der Waals surface area contributed by atoms with Gasteiger partial charge in [0, 0.05) is 34.5 Å². The van der Waals surface area contributed by atoms with E-state index in [-0.39, 0.29) is 11.6 Å². The van der Waals surface area contributed by atoms with Gasteiger partial charge in [0.15, 0.2) is 0 Å². The van der Waals surface area contributed by atoms with Gasteiger partial charge in [0.2, 0.25) is 5.91 Å². The van der Waals surface area contributed by atoms with Crippen LogP contribution in [0.3, 0.4) is 0 Å². The molecule has 0 aliphatic heterocycles. The number of nitrogens with zero attached hydrogens (tertiary/aromatic N) is 1. The molecule has 0 unspecified atom stereocenters. The summed E-state index contributed by atoms with van der Waals surface area (Å²) in [5, 5.41) is 14.1. The highest BCUT2D eigenvalue weighted by Gasteiger charge is 2.09. The minimum absolute atomic E-state index is 0.0168. The Morgan fingerprint density at radius 3 is 2.69 bits per heavy atom. The standard InChI is InChI=1S/C19H13ClN2O4/c20-14-4-2-5-15(12-14)21-19(23)10-8-17-7-9-18(26-17)13-3-1-6-16(11-13)22(24)25/h1-12H,(H,21,23). The van der Waals surface area contributed by atoms with E-state index in [1.54, 1.807) is 48.5 Å². The minimum Gasteiger partial charge on any atom is -0.457 e. The number of nitro groups is 1. The van der Waals surface area contributed by atoms with Crippen LogP contribution in [0.2, 0.25) is 5.02 Å². The molecule has 0 spiro atoms. The molecule has 0 atom stereocenters. The highest BCUT2D eigenvalue weighted by molar-refractivity contribution is 6.30. The van der Waals surface area contributed by atoms with Crippen molar-refractivity contribution >= 4 is 35.0 Å². The average molecular weight is 369 g/mol. The zero-order valence-corrected chi connectivity index (χ0v) is 14.1. The van der Waals surface area contributed by atoms with E-state index in [1.165, 1.54) is 24.3 Å². The van der Waals surface area contributed by atoms with Crippen molar-refractivity contribution in [3.05, 3.63) is 87.6 Å². The highest BCUT2D eigenvalue weighted by Crippen LogP contribution is 2.26. The van der Waals surface area contributed by atoms with Gasteiger partial charge in [-0.3, -0.25) is 14.9 Å². The molecule has 0 aliphatic carbocycles. The molecule has 0 saturated heterocycles. The zero-order chi connectivity index (χ0) is 18.5. The highest BCUT2D eigenvalue weighted by atomic mass is 35.5. The number of hydrogen-bond donors (Lipinski definition) is 1. The Morgan fingerprint density at radius 1 is 1.12 bits per heavy atom. The van der Waals surface area contributed by atoms with E-state index in [9.17, 15) is 14.9 Å². The summed E-state index contributed by atoms with van der Waals surface area (Å²) in [6, 6.07) is 16.3. The maximum Gasteiger partial charge on any atom is 0.270 e. The van der Waals surface area contributed by atoms with E-state index in [2.05, 4.69) is 5.32 Å². The van der Waals surface area contributed by atoms with E-state index >= 15 is 0 Å². The Bertz CT molecular complexity index is 994. The first-order valence-corrected chi connectivity index (χ1v) is 7.98. The summed E-state index contributed by atoms with van der Waals surface area (Å²) in [6.07, 6.45) is 2.84. The molecule has 1 aromatic heterocycles. The lowest BCUT2D eigenvalue weighted by Gasteiger charge is -2.01. The summed E-state index contributed by atoms with van der Waals surface area (Å²) in [5.74, 6) is 0.594. The van der Waals surface area contributed by atoms with Gasteiger partial charge in [-0.1, -0.05) is 29.8 Å². The van der Waals surface area contributed by atoms with Gasteiger partial charge in [-0.05, 0) is 36.4 Å². The fourth-order valence-electron chi connectivity index (χ4n) is 2.28. The van der Waals surface area contributed by atoms with Gasteiger partial charge < -0.3 is 9.73 Å². The van der Waals surface area contributed by atoms with Crippen LogP contribution in [-0.4, -0.2) is 10.8 Å². The number of halogens is 1. The maximum atomic E-state index is 11.9. The number of rotatable bonds is 5. The number of carbonyl (C=O) groups is 1. The Morgan fingerprint density at radius 2 is 1.92 bits per heavy atom. The number of nitrogens with one attached hydrogen (secondary N) is 1. The second-order valence-corrected chi connectivity index (χ2v) is 5.78. The van der Waals surface area contributed by atoms with Crippen molar-refractivity contribution < 1.29 is 14.1 Å². The Labute approximate surface area is 153 Å². The summed E-state index contributed by atoms with van der Waals surface area (Å²) >= 11 is 5.87. The topological polar surface area (TPSA) is 85.4 Å². The number of carbonyl (C=O) groups excluding carboxylic acids is 1. The van der Waals surface area contributed by atoms with Crippen LogP contribution in [0.25, 0.3) is 17.4 Å². The van der Waals surface area contributed by atoms with E-state index in [0.29, 0.717) is 27.8 Å². The molecule has 0 fully saturated rings. The summed E-state index contributed by atoms with van der Waals surface area (Å²) in [7, 11) is 0. The molecular formula is C19H13ClN2O4. The van der Waals surface area contributed by atoms with E-state index in [0.717, 1.165) is 0 Å². The van der Waals surface area contributed by atoms with Gasteiger partial charge >= 0.3 is 0 Å². The number of furan rings is 1. The number of hydrogen-bond acceptors (Lipinski definition) is 4. The van der Waals surface area contributed by atoms with Crippen LogP contribution in [0.1, 0.15) is 5.76 Å². The molecule has 2 aromatic carbocycles. The fraction of sp³-hybridized carbons (Fsp3) is 0. The number of nitro benzene ring substituents is 1. The average Bonchev–Trinajstić information content (AvgIpc) is 3.09. The lowest BCUT2D eigenvalue weighted by Crippen LogP contribution is -2.07. The molecule has 1 amide bonds. The quantitative estimate of drug-likeness (QED) is 0.383. The van der Waals surface area contributed by atoms with Crippen LogP contribution in [0.15, 0.2) is 71.2 Å². The first kappa shape index (κ1) is 17.4. The van der Waals surface area contributed by atoms with Crippen LogP contribution < -0.4 is 5.32 Å². The van der Waals surface area contributed by atoms with E-state index in [1.807, 2.05) is 0 Å². The second-order valence-electron chi connectivity index (χ2n) is 5.34. The lowest BCUT2D eigenvalue weighted by atomic mass is 10.1. The molecule has 0 bridgehead atoms. The number of amides is 1. The normalized spacial score (nSPS) is 10.8. The van der Waals surface area contributed by atoms with Crippen LogP contribution in [0.5, 0.6) is 0 Å². The number of anilines is 1. The third-order valence-electron chi connectivity index (χ3n) is 3.46. The molecule has 7 heteroatoms. The SMILES string of the molecule is O=C(C=Cc1ccc(-c2cccc([N+](=O)[O-])c2)o1)Nc1cccc(Cl)c1. The monoisotopic (exact) mass is 368 g/mol.